The van der Waals surface area contributed by atoms with Gasteiger partial charge in [-0.25, -0.2) is 0 Å². The first-order valence-corrected chi connectivity index (χ1v) is 5.85. The molecule has 0 aliphatic heterocycles. The molecule has 0 amide bonds. The number of hydrogen-bond donors (Lipinski definition) is 0. The van der Waals surface area contributed by atoms with Gasteiger partial charge in [0.15, 0.2) is 5.79 Å². The summed E-state index contributed by atoms with van der Waals surface area (Å²) < 4.78 is 11.4. The van der Waals surface area contributed by atoms with Crippen molar-refractivity contribution in [2.24, 2.45) is 0 Å². The number of nitriles is 2. The Morgan fingerprint density at radius 3 is 1.81 bits per heavy atom. The first-order chi connectivity index (χ1) is 7.83. The number of ether oxygens (including phenoxy) is 2. The molecule has 0 radical (unpaired) electrons. The van der Waals surface area contributed by atoms with E-state index >= 15 is 0 Å². The van der Waals surface area contributed by atoms with E-state index in [-0.39, 0.29) is 0 Å². The normalized spacial score (nSPS) is 18.6. The molecular weight excluding hydrogens is 204 g/mol. The molecule has 0 aromatic carbocycles. The summed E-state index contributed by atoms with van der Waals surface area (Å²) in [5.74, 6) is -0.522. The van der Waals surface area contributed by atoms with Crippen molar-refractivity contribution >= 4 is 0 Å². The van der Waals surface area contributed by atoms with Crippen LogP contribution in [0.1, 0.15) is 44.9 Å². The van der Waals surface area contributed by atoms with Gasteiger partial charge in [-0.3, -0.25) is 0 Å². The Kier molecular flexibility index (Phi) is 5.85. The molecule has 1 rings (SSSR count). The van der Waals surface area contributed by atoms with E-state index in [2.05, 4.69) is 12.1 Å². The van der Waals surface area contributed by atoms with E-state index in [0.29, 0.717) is 26.1 Å². The van der Waals surface area contributed by atoms with E-state index in [9.17, 15) is 0 Å². The average Bonchev–Trinajstić information content (AvgIpc) is 2.31. The summed E-state index contributed by atoms with van der Waals surface area (Å²) in [4.78, 5) is 0. The first kappa shape index (κ1) is 13.0. The zero-order chi connectivity index (χ0) is 11.7. The highest BCUT2D eigenvalue weighted by Crippen LogP contribution is 2.32. The second-order valence-electron chi connectivity index (χ2n) is 3.98. The maximum absolute atomic E-state index is 8.48. The van der Waals surface area contributed by atoms with E-state index in [1.807, 2.05) is 0 Å². The zero-order valence-electron chi connectivity index (χ0n) is 9.57. The molecule has 88 valence electrons. The van der Waals surface area contributed by atoms with Crippen LogP contribution in [-0.4, -0.2) is 19.0 Å². The van der Waals surface area contributed by atoms with Crippen molar-refractivity contribution in [1.82, 2.24) is 0 Å². The minimum Gasteiger partial charge on any atom is -0.349 e. The third-order valence-corrected chi connectivity index (χ3v) is 2.77. The Labute approximate surface area is 96.8 Å². The van der Waals surface area contributed by atoms with Crippen LogP contribution in [0.15, 0.2) is 0 Å². The minimum atomic E-state index is -0.522. The van der Waals surface area contributed by atoms with Gasteiger partial charge < -0.3 is 9.47 Å². The summed E-state index contributed by atoms with van der Waals surface area (Å²) in [5, 5.41) is 17.0. The fraction of sp³-hybridized carbons (Fsp3) is 0.833. The number of rotatable bonds is 6. The van der Waals surface area contributed by atoms with Crippen LogP contribution in [0, 0.1) is 22.7 Å². The number of hydrogen-bond acceptors (Lipinski definition) is 4. The lowest BCUT2D eigenvalue weighted by molar-refractivity contribution is -0.250. The van der Waals surface area contributed by atoms with Crippen LogP contribution in [0.25, 0.3) is 0 Å². The molecule has 0 spiro atoms. The monoisotopic (exact) mass is 222 g/mol. The maximum atomic E-state index is 8.48. The Hall–Kier alpha value is -1.10. The van der Waals surface area contributed by atoms with Crippen molar-refractivity contribution < 1.29 is 9.47 Å². The molecule has 0 N–H and O–H groups in total. The van der Waals surface area contributed by atoms with Gasteiger partial charge in [0.05, 0.1) is 38.2 Å². The van der Waals surface area contributed by atoms with Crippen LogP contribution in [0.4, 0.5) is 0 Å². The van der Waals surface area contributed by atoms with Gasteiger partial charge in [0, 0.05) is 12.8 Å². The summed E-state index contributed by atoms with van der Waals surface area (Å²) in [6.07, 6.45) is 5.95. The molecule has 1 fully saturated rings. The molecule has 1 aliphatic carbocycles. The standard InChI is InChI=1S/C12H18N2O2/c13-8-4-10-15-12(16-11-5-9-14)6-2-1-3-7-12/h1-7,10-11H2. The fourth-order valence-electron chi connectivity index (χ4n) is 1.99. The van der Waals surface area contributed by atoms with Crippen LogP contribution < -0.4 is 0 Å². The predicted molar refractivity (Wildman–Crippen MR) is 58.2 cm³/mol. The van der Waals surface area contributed by atoms with Gasteiger partial charge in [-0.15, -0.1) is 0 Å². The summed E-state index contributed by atoms with van der Waals surface area (Å²) in [7, 11) is 0. The largest absolute Gasteiger partial charge is 0.349 e. The maximum Gasteiger partial charge on any atom is 0.168 e. The third-order valence-electron chi connectivity index (χ3n) is 2.77. The number of nitrogens with zero attached hydrogens (tertiary/aromatic N) is 2. The van der Waals surface area contributed by atoms with Gasteiger partial charge in [-0.05, 0) is 12.8 Å². The van der Waals surface area contributed by atoms with Crippen molar-refractivity contribution in [3.63, 3.8) is 0 Å². The molecule has 0 bridgehead atoms. The Bertz CT molecular complexity index is 250. The van der Waals surface area contributed by atoms with Gasteiger partial charge in [0.25, 0.3) is 0 Å². The third kappa shape index (κ3) is 4.18. The summed E-state index contributed by atoms with van der Waals surface area (Å²) in [6, 6.07) is 4.12. The molecular formula is C12H18N2O2. The average molecular weight is 222 g/mol. The fourth-order valence-corrected chi connectivity index (χ4v) is 1.99. The van der Waals surface area contributed by atoms with E-state index in [1.165, 1.54) is 6.42 Å². The van der Waals surface area contributed by atoms with Gasteiger partial charge in [0.2, 0.25) is 0 Å². The highest BCUT2D eigenvalue weighted by Gasteiger charge is 2.33. The quantitative estimate of drug-likeness (QED) is 0.511. The Morgan fingerprint density at radius 2 is 1.38 bits per heavy atom. The Balaban J connectivity index is 2.40. The Morgan fingerprint density at radius 1 is 0.875 bits per heavy atom. The lowest BCUT2D eigenvalue weighted by Crippen LogP contribution is -2.38. The topological polar surface area (TPSA) is 66.0 Å². The molecule has 4 nitrogen and oxygen atoms in total. The lowest BCUT2D eigenvalue weighted by atomic mass is 9.94. The zero-order valence-corrected chi connectivity index (χ0v) is 9.57. The first-order valence-electron chi connectivity index (χ1n) is 5.85. The smallest absolute Gasteiger partial charge is 0.168 e. The van der Waals surface area contributed by atoms with Crippen molar-refractivity contribution in [2.75, 3.05) is 13.2 Å². The second-order valence-corrected chi connectivity index (χ2v) is 3.98. The molecule has 1 aliphatic rings. The van der Waals surface area contributed by atoms with E-state index < -0.39 is 5.79 Å². The van der Waals surface area contributed by atoms with E-state index in [4.69, 9.17) is 20.0 Å². The van der Waals surface area contributed by atoms with Crippen molar-refractivity contribution in [3.05, 3.63) is 0 Å². The summed E-state index contributed by atoms with van der Waals surface area (Å²) >= 11 is 0. The molecule has 0 heterocycles. The molecule has 0 aromatic heterocycles. The van der Waals surface area contributed by atoms with Crippen LogP contribution in [0.3, 0.4) is 0 Å². The highest BCUT2D eigenvalue weighted by atomic mass is 16.7. The van der Waals surface area contributed by atoms with Crippen LogP contribution >= 0.6 is 0 Å². The van der Waals surface area contributed by atoms with Crippen molar-refractivity contribution in [3.8, 4) is 12.1 Å². The molecule has 0 aromatic rings. The second kappa shape index (κ2) is 7.22. The molecule has 0 atom stereocenters. The highest BCUT2D eigenvalue weighted by molar-refractivity contribution is 4.78. The molecule has 16 heavy (non-hydrogen) atoms. The van der Waals surface area contributed by atoms with Gasteiger partial charge in [0.1, 0.15) is 0 Å². The van der Waals surface area contributed by atoms with Gasteiger partial charge in [-0.2, -0.15) is 10.5 Å². The van der Waals surface area contributed by atoms with Gasteiger partial charge >= 0.3 is 0 Å². The van der Waals surface area contributed by atoms with Crippen LogP contribution in [-0.2, 0) is 9.47 Å². The molecule has 0 unspecified atom stereocenters. The van der Waals surface area contributed by atoms with Crippen molar-refractivity contribution in [1.29, 1.82) is 10.5 Å². The van der Waals surface area contributed by atoms with Crippen LogP contribution in [0.2, 0.25) is 0 Å². The molecule has 0 saturated heterocycles. The molecule has 4 heteroatoms. The SMILES string of the molecule is N#CCCOC1(OCCC#N)CCCCC1. The lowest BCUT2D eigenvalue weighted by Gasteiger charge is -2.36. The minimum absolute atomic E-state index is 0.392. The van der Waals surface area contributed by atoms with Crippen molar-refractivity contribution in [2.45, 2.75) is 50.7 Å². The predicted octanol–water partition coefficient (Wildman–Crippen LogP) is 2.51. The summed E-state index contributed by atoms with van der Waals surface area (Å²) in [6.45, 7) is 0.839. The van der Waals surface area contributed by atoms with E-state index in [1.54, 1.807) is 0 Å². The van der Waals surface area contributed by atoms with E-state index in [0.717, 1.165) is 25.7 Å². The van der Waals surface area contributed by atoms with Gasteiger partial charge in [-0.1, -0.05) is 6.42 Å². The summed E-state index contributed by atoms with van der Waals surface area (Å²) in [5.41, 5.74) is 0. The van der Waals surface area contributed by atoms with Crippen LogP contribution in [0.5, 0.6) is 0 Å². The molecule has 1 saturated carbocycles.